The van der Waals surface area contributed by atoms with Crippen LogP contribution in [0, 0.1) is 0 Å². The number of methoxy groups -OCH3 is 2. The van der Waals surface area contributed by atoms with Gasteiger partial charge in [-0.15, -0.1) is 0 Å². The first-order valence-electron chi connectivity index (χ1n) is 4.81. The minimum atomic E-state index is -0.387. The third-order valence-electron chi connectivity index (χ3n) is 2.10. The van der Waals surface area contributed by atoms with E-state index in [0.29, 0.717) is 0 Å². The highest BCUT2D eigenvalue weighted by atomic mass is 16.5. The van der Waals surface area contributed by atoms with E-state index in [-0.39, 0.29) is 5.97 Å². The number of benzene rings is 1. The second kappa shape index (κ2) is 5.80. The van der Waals surface area contributed by atoms with Gasteiger partial charge in [-0.05, 0) is 12.1 Å². The molecule has 0 saturated carbocycles. The zero-order valence-corrected chi connectivity index (χ0v) is 9.64. The smallest absolute Gasteiger partial charge is 0.331 e. The minimum Gasteiger partial charge on any atom is -0.495 e. The maximum absolute atomic E-state index is 10.9. The number of anilines is 1. The molecule has 0 aromatic heterocycles. The Bertz CT molecular complexity index is 388. The summed E-state index contributed by atoms with van der Waals surface area (Å²) < 4.78 is 9.72. The average Bonchev–Trinajstić information content (AvgIpc) is 2.35. The molecule has 4 heteroatoms. The third kappa shape index (κ3) is 3.02. The Hall–Kier alpha value is -1.97. The molecular formula is C12H15NO3. The highest BCUT2D eigenvalue weighted by molar-refractivity contribution is 5.82. The SMILES string of the molecule is COC(=O)C=CN(C)c1ccccc1OC. The van der Waals surface area contributed by atoms with Crippen molar-refractivity contribution in [3.63, 3.8) is 0 Å². The Balaban J connectivity index is 2.83. The van der Waals surface area contributed by atoms with Crippen molar-refractivity contribution in [1.29, 1.82) is 0 Å². The molecule has 0 spiro atoms. The van der Waals surface area contributed by atoms with Gasteiger partial charge in [-0.2, -0.15) is 0 Å². The van der Waals surface area contributed by atoms with Crippen LogP contribution in [0.3, 0.4) is 0 Å². The van der Waals surface area contributed by atoms with Crippen molar-refractivity contribution in [1.82, 2.24) is 0 Å². The fraction of sp³-hybridized carbons (Fsp3) is 0.250. The molecule has 0 fully saturated rings. The van der Waals surface area contributed by atoms with E-state index in [1.807, 2.05) is 31.3 Å². The van der Waals surface area contributed by atoms with Crippen molar-refractivity contribution in [2.45, 2.75) is 0 Å². The number of nitrogens with zero attached hydrogens (tertiary/aromatic N) is 1. The van der Waals surface area contributed by atoms with Gasteiger partial charge in [-0.3, -0.25) is 0 Å². The zero-order chi connectivity index (χ0) is 12.0. The summed E-state index contributed by atoms with van der Waals surface area (Å²) in [4.78, 5) is 12.7. The molecule has 0 bridgehead atoms. The molecule has 0 aliphatic rings. The highest BCUT2D eigenvalue weighted by Gasteiger charge is 2.04. The van der Waals surface area contributed by atoms with Gasteiger partial charge in [0.1, 0.15) is 5.75 Å². The Labute approximate surface area is 95.1 Å². The van der Waals surface area contributed by atoms with E-state index in [1.54, 1.807) is 18.2 Å². The van der Waals surface area contributed by atoms with Crippen molar-refractivity contribution < 1.29 is 14.3 Å². The predicted molar refractivity (Wildman–Crippen MR) is 62.6 cm³/mol. The van der Waals surface area contributed by atoms with Crippen molar-refractivity contribution in [3.8, 4) is 5.75 Å². The lowest BCUT2D eigenvalue weighted by Crippen LogP contribution is -2.10. The molecule has 0 amide bonds. The van der Waals surface area contributed by atoms with Crippen LogP contribution < -0.4 is 9.64 Å². The van der Waals surface area contributed by atoms with Gasteiger partial charge in [0.25, 0.3) is 0 Å². The third-order valence-corrected chi connectivity index (χ3v) is 2.10. The maximum Gasteiger partial charge on any atom is 0.331 e. The molecule has 86 valence electrons. The van der Waals surface area contributed by atoms with Crippen LogP contribution in [-0.2, 0) is 9.53 Å². The molecule has 0 aliphatic carbocycles. The minimum absolute atomic E-state index is 0.387. The van der Waals surface area contributed by atoms with Crippen LogP contribution in [0.4, 0.5) is 5.69 Å². The van der Waals surface area contributed by atoms with Gasteiger partial charge < -0.3 is 14.4 Å². The van der Waals surface area contributed by atoms with Crippen LogP contribution in [0.5, 0.6) is 5.75 Å². The van der Waals surface area contributed by atoms with Gasteiger partial charge in [-0.1, -0.05) is 12.1 Å². The summed E-state index contributed by atoms with van der Waals surface area (Å²) in [6.07, 6.45) is 2.98. The van der Waals surface area contributed by atoms with Crippen molar-refractivity contribution >= 4 is 11.7 Å². The van der Waals surface area contributed by atoms with Gasteiger partial charge in [0.15, 0.2) is 0 Å². The van der Waals surface area contributed by atoms with E-state index in [2.05, 4.69) is 4.74 Å². The Morgan fingerprint density at radius 3 is 2.62 bits per heavy atom. The number of hydrogen-bond donors (Lipinski definition) is 0. The number of hydrogen-bond acceptors (Lipinski definition) is 4. The van der Waals surface area contributed by atoms with Crippen LogP contribution in [0.25, 0.3) is 0 Å². The molecular weight excluding hydrogens is 206 g/mol. The zero-order valence-electron chi connectivity index (χ0n) is 9.64. The van der Waals surface area contributed by atoms with E-state index in [4.69, 9.17) is 4.74 Å². The molecule has 16 heavy (non-hydrogen) atoms. The van der Waals surface area contributed by atoms with Crippen LogP contribution in [0.1, 0.15) is 0 Å². The molecule has 1 aromatic rings. The number of ether oxygens (including phenoxy) is 2. The number of carbonyl (C=O) groups is 1. The second-order valence-electron chi connectivity index (χ2n) is 3.12. The molecule has 0 radical (unpaired) electrons. The Kier molecular flexibility index (Phi) is 4.39. The summed E-state index contributed by atoms with van der Waals surface area (Å²) in [5, 5.41) is 0. The molecule has 0 saturated heterocycles. The van der Waals surface area contributed by atoms with Crippen LogP contribution in [0.15, 0.2) is 36.5 Å². The van der Waals surface area contributed by atoms with Gasteiger partial charge >= 0.3 is 5.97 Å². The number of para-hydroxylation sites is 2. The lowest BCUT2D eigenvalue weighted by Gasteiger charge is -2.16. The summed E-state index contributed by atoms with van der Waals surface area (Å²) >= 11 is 0. The molecule has 0 aliphatic heterocycles. The monoisotopic (exact) mass is 221 g/mol. The van der Waals surface area contributed by atoms with Gasteiger partial charge in [0.05, 0.1) is 19.9 Å². The summed E-state index contributed by atoms with van der Waals surface area (Å²) in [6, 6.07) is 7.55. The largest absolute Gasteiger partial charge is 0.495 e. The standard InChI is InChI=1S/C12H15NO3/c1-13(9-8-12(14)16-3)10-6-4-5-7-11(10)15-2/h4-9H,1-3H3. The van der Waals surface area contributed by atoms with Gasteiger partial charge in [0.2, 0.25) is 0 Å². The summed E-state index contributed by atoms with van der Waals surface area (Å²) in [5.74, 6) is 0.362. The van der Waals surface area contributed by atoms with Crippen LogP contribution >= 0.6 is 0 Å². The lowest BCUT2D eigenvalue weighted by atomic mass is 10.3. The summed E-state index contributed by atoms with van der Waals surface area (Å²) in [7, 11) is 4.78. The summed E-state index contributed by atoms with van der Waals surface area (Å²) in [5.41, 5.74) is 0.880. The van der Waals surface area contributed by atoms with Crippen molar-refractivity contribution in [2.24, 2.45) is 0 Å². The predicted octanol–water partition coefficient (Wildman–Crippen LogP) is 1.82. The first kappa shape index (κ1) is 12.1. The number of rotatable bonds is 4. The Morgan fingerprint density at radius 2 is 2.00 bits per heavy atom. The molecule has 1 aromatic carbocycles. The molecule has 4 nitrogen and oxygen atoms in total. The van der Waals surface area contributed by atoms with E-state index < -0.39 is 0 Å². The van der Waals surface area contributed by atoms with E-state index in [9.17, 15) is 4.79 Å². The lowest BCUT2D eigenvalue weighted by molar-refractivity contribution is -0.134. The molecule has 0 heterocycles. The Morgan fingerprint density at radius 1 is 1.31 bits per heavy atom. The van der Waals surface area contributed by atoms with E-state index in [0.717, 1.165) is 11.4 Å². The average molecular weight is 221 g/mol. The first-order valence-corrected chi connectivity index (χ1v) is 4.81. The van der Waals surface area contributed by atoms with Crippen molar-refractivity contribution in [2.75, 3.05) is 26.2 Å². The fourth-order valence-corrected chi connectivity index (χ4v) is 1.24. The van der Waals surface area contributed by atoms with Crippen LogP contribution in [0.2, 0.25) is 0 Å². The highest BCUT2D eigenvalue weighted by Crippen LogP contribution is 2.26. The normalized spacial score (nSPS) is 10.2. The molecule has 0 unspecified atom stereocenters. The first-order chi connectivity index (χ1) is 7.69. The number of esters is 1. The fourth-order valence-electron chi connectivity index (χ4n) is 1.24. The summed E-state index contributed by atoms with van der Waals surface area (Å²) in [6.45, 7) is 0. The molecule has 0 atom stereocenters. The van der Waals surface area contributed by atoms with E-state index >= 15 is 0 Å². The quantitative estimate of drug-likeness (QED) is 0.574. The second-order valence-corrected chi connectivity index (χ2v) is 3.12. The topological polar surface area (TPSA) is 38.8 Å². The molecule has 0 N–H and O–H groups in total. The molecule has 1 rings (SSSR count). The van der Waals surface area contributed by atoms with Crippen molar-refractivity contribution in [3.05, 3.63) is 36.5 Å². The number of carbonyl (C=O) groups excluding carboxylic acids is 1. The van der Waals surface area contributed by atoms with E-state index in [1.165, 1.54) is 13.2 Å². The van der Waals surface area contributed by atoms with Gasteiger partial charge in [-0.25, -0.2) is 4.79 Å². The maximum atomic E-state index is 10.9. The van der Waals surface area contributed by atoms with Gasteiger partial charge in [0, 0.05) is 19.3 Å². The van der Waals surface area contributed by atoms with Crippen LogP contribution in [-0.4, -0.2) is 27.2 Å².